The smallest absolute Gasteiger partial charge is 0.303 e. The maximum absolute atomic E-state index is 13.8. The Kier molecular flexibility index (Phi) is 30.3. The van der Waals surface area contributed by atoms with Crippen LogP contribution in [0.15, 0.2) is 0 Å². The van der Waals surface area contributed by atoms with E-state index in [1.807, 2.05) is 0 Å². The number of nitrogens with one attached hydrogen (secondary N) is 2. The first-order valence-electron chi connectivity index (χ1n) is 21.9. The summed E-state index contributed by atoms with van der Waals surface area (Å²) in [6, 6.07) is -1.22. The maximum Gasteiger partial charge on any atom is 0.303 e. The van der Waals surface area contributed by atoms with Crippen LogP contribution in [0.3, 0.4) is 0 Å². The third-order valence-corrected chi connectivity index (χ3v) is 10.6. The average molecular weight is 770 g/mol. The fraction of sp³-hybridized carbons (Fsp3) is 0.905. The van der Waals surface area contributed by atoms with Crippen molar-refractivity contribution in [2.45, 2.75) is 224 Å². The molecule has 0 aromatic heterocycles. The molecule has 0 spiro atoms. The molecule has 3 amide bonds. The van der Waals surface area contributed by atoms with Crippen LogP contribution >= 0.6 is 0 Å². The summed E-state index contributed by atoms with van der Waals surface area (Å²) in [7, 11) is 0. The van der Waals surface area contributed by atoms with Gasteiger partial charge in [0.2, 0.25) is 17.7 Å². The first kappa shape index (κ1) is 49.7. The van der Waals surface area contributed by atoms with E-state index >= 15 is 0 Å². The summed E-state index contributed by atoms with van der Waals surface area (Å²) < 4.78 is 6.05. The van der Waals surface area contributed by atoms with Crippen molar-refractivity contribution in [2.24, 2.45) is 0 Å². The Morgan fingerprint density at radius 3 is 1.46 bits per heavy atom. The molecular formula is C42H79N3O9. The molecule has 1 aliphatic heterocycles. The van der Waals surface area contributed by atoms with Crippen molar-refractivity contribution in [3.8, 4) is 0 Å². The van der Waals surface area contributed by atoms with Crippen molar-refractivity contribution in [3.05, 3.63) is 0 Å². The van der Waals surface area contributed by atoms with Gasteiger partial charge in [0.05, 0.1) is 19.6 Å². The highest BCUT2D eigenvalue weighted by Gasteiger charge is 2.48. The van der Waals surface area contributed by atoms with Gasteiger partial charge >= 0.3 is 5.97 Å². The number of rotatable bonds is 35. The highest BCUT2D eigenvalue weighted by atomic mass is 16.5. The molecule has 1 heterocycles. The zero-order valence-corrected chi connectivity index (χ0v) is 34.1. The summed E-state index contributed by atoms with van der Waals surface area (Å²) >= 11 is 0. The van der Waals surface area contributed by atoms with Crippen molar-refractivity contribution in [1.29, 1.82) is 0 Å². The van der Waals surface area contributed by atoms with E-state index in [4.69, 9.17) is 9.84 Å². The SMILES string of the molecule is CCCCCCCCCCCCCCCCCCN(C(=O)CCCCCCCCCCC)[C@@H]1O[C@H](CO)[C@H](O)[C@H](O)[C@H]1NC(=O)CNC(=O)CCC(=O)O. The minimum Gasteiger partial charge on any atom is -0.481 e. The van der Waals surface area contributed by atoms with Crippen molar-refractivity contribution in [2.75, 3.05) is 19.7 Å². The molecule has 0 aliphatic carbocycles. The van der Waals surface area contributed by atoms with Gasteiger partial charge in [0, 0.05) is 19.4 Å². The van der Waals surface area contributed by atoms with Gasteiger partial charge in [-0.15, -0.1) is 0 Å². The number of carbonyl (C=O) groups excluding carboxylic acids is 3. The van der Waals surface area contributed by atoms with Gasteiger partial charge < -0.3 is 40.7 Å². The molecule has 316 valence electrons. The van der Waals surface area contributed by atoms with Gasteiger partial charge in [-0.2, -0.15) is 0 Å². The second-order valence-corrected chi connectivity index (χ2v) is 15.5. The number of hydrogen-bond donors (Lipinski definition) is 6. The number of carboxylic acids is 1. The molecule has 1 saturated heterocycles. The van der Waals surface area contributed by atoms with E-state index in [1.54, 1.807) is 4.90 Å². The topological polar surface area (TPSA) is 186 Å². The van der Waals surface area contributed by atoms with E-state index in [2.05, 4.69) is 24.5 Å². The molecule has 54 heavy (non-hydrogen) atoms. The van der Waals surface area contributed by atoms with E-state index < -0.39 is 61.5 Å². The lowest BCUT2D eigenvalue weighted by molar-refractivity contribution is -0.231. The molecule has 0 radical (unpaired) electrons. The summed E-state index contributed by atoms with van der Waals surface area (Å²) in [4.78, 5) is 51.1. The number of hydrogen-bond acceptors (Lipinski definition) is 8. The van der Waals surface area contributed by atoms with Crippen LogP contribution in [0, 0.1) is 0 Å². The van der Waals surface area contributed by atoms with Gasteiger partial charge in [0.1, 0.15) is 24.4 Å². The van der Waals surface area contributed by atoms with Gasteiger partial charge in [0.25, 0.3) is 0 Å². The van der Waals surface area contributed by atoms with Gasteiger partial charge in [-0.3, -0.25) is 19.2 Å². The third-order valence-electron chi connectivity index (χ3n) is 10.6. The highest BCUT2D eigenvalue weighted by Crippen LogP contribution is 2.26. The van der Waals surface area contributed by atoms with Crippen LogP contribution in [0.1, 0.15) is 194 Å². The number of unbranched alkanes of at least 4 members (excludes halogenated alkanes) is 23. The van der Waals surface area contributed by atoms with E-state index in [0.717, 1.165) is 38.5 Å². The Balaban J connectivity index is 2.74. The van der Waals surface area contributed by atoms with Gasteiger partial charge in [-0.25, -0.2) is 0 Å². The molecular weight excluding hydrogens is 690 g/mol. The first-order chi connectivity index (χ1) is 26.2. The molecule has 0 aromatic carbocycles. The summed E-state index contributed by atoms with van der Waals surface area (Å²) in [5.74, 6) is -2.62. The minimum atomic E-state index is -1.55. The Hall–Kier alpha value is -2.28. The molecule has 6 N–H and O–H groups in total. The lowest BCUT2D eigenvalue weighted by Crippen LogP contribution is -2.69. The summed E-state index contributed by atoms with van der Waals surface area (Å²) in [5, 5.41) is 45.6. The largest absolute Gasteiger partial charge is 0.481 e. The highest BCUT2D eigenvalue weighted by molar-refractivity contribution is 5.86. The molecule has 0 aromatic rings. The van der Waals surface area contributed by atoms with Crippen molar-refractivity contribution in [3.63, 3.8) is 0 Å². The normalized spacial score (nSPS) is 19.8. The molecule has 12 heteroatoms. The maximum atomic E-state index is 13.8. The molecule has 1 fully saturated rings. The molecule has 1 rings (SSSR count). The average Bonchev–Trinajstić information content (AvgIpc) is 3.15. The van der Waals surface area contributed by atoms with Gasteiger partial charge in [-0.05, 0) is 12.8 Å². The second-order valence-electron chi connectivity index (χ2n) is 15.5. The fourth-order valence-corrected chi connectivity index (χ4v) is 7.20. The van der Waals surface area contributed by atoms with E-state index in [-0.39, 0.29) is 25.2 Å². The predicted molar refractivity (Wildman–Crippen MR) is 213 cm³/mol. The zero-order valence-electron chi connectivity index (χ0n) is 34.1. The van der Waals surface area contributed by atoms with E-state index in [0.29, 0.717) is 19.4 Å². The van der Waals surface area contributed by atoms with Gasteiger partial charge in [-0.1, -0.05) is 162 Å². The Morgan fingerprint density at radius 1 is 0.574 bits per heavy atom. The predicted octanol–water partition coefficient (Wildman–Crippen LogP) is 6.90. The summed E-state index contributed by atoms with van der Waals surface area (Å²) in [5.41, 5.74) is 0. The van der Waals surface area contributed by atoms with Crippen LogP contribution in [0.25, 0.3) is 0 Å². The summed E-state index contributed by atoms with van der Waals surface area (Å²) in [6.07, 6.45) is 23.7. The van der Waals surface area contributed by atoms with Crippen molar-refractivity contribution >= 4 is 23.7 Å². The number of nitrogens with zero attached hydrogens (tertiary/aromatic N) is 1. The monoisotopic (exact) mass is 770 g/mol. The number of aliphatic carboxylic acids is 1. The second kappa shape index (κ2) is 32.9. The number of aliphatic hydroxyl groups excluding tert-OH is 3. The Morgan fingerprint density at radius 2 is 1.02 bits per heavy atom. The lowest BCUT2D eigenvalue weighted by Gasteiger charge is -2.47. The van der Waals surface area contributed by atoms with Crippen LogP contribution in [0.4, 0.5) is 0 Å². The van der Waals surface area contributed by atoms with Crippen LogP contribution in [0.2, 0.25) is 0 Å². The number of carboxylic acid groups (broad SMARTS) is 1. The quantitative estimate of drug-likeness (QED) is 0.0373. The number of ether oxygens (including phenoxy) is 1. The van der Waals surface area contributed by atoms with Crippen LogP contribution in [-0.4, -0.2) is 99.3 Å². The van der Waals surface area contributed by atoms with Crippen molar-refractivity contribution < 1.29 is 44.3 Å². The Labute approximate surface area is 326 Å². The molecule has 0 saturated carbocycles. The molecule has 5 atom stereocenters. The van der Waals surface area contributed by atoms with Crippen LogP contribution < -0.4 is 10.6 Å². The summed E-state index contributed by atoms with van der Waals surface area (Å²) in [6.45, 7) is 3.71. The zero-order chi connectivity index (χ0) is 39.8. The van der Waals surface area contributed by atoms with Crippen LogP contribution in [-0.2, 0) is 23.9 Å². The van der Waals surface area contributed by atoms with Crippen LogP contribution in [0.5, 0.6) is 0 Å². The van der Waals surface area contributed by atoms with Crippen molar-refractivity contribution in [1.82, 2.24) is 15.5 Å². The Bertz CT molecular complexity index is 985. The first-order valence-corrected chi connectivity index (χ1v) is 21.9. The lowest BCUT2D eigenvalue weighted by atomic mass is 9.94. The fourth-order valence-electron chi connectivity index (χ4n) is 7.20. The molecule has 0 unspecified atom stereocenters. The molecule has 1 aliphatic rings. The van der Waals surface area contributed by atoms with E-state index in [1.165, 1.54) is 109 Å². The van der Waals surface area contributed by atoms with Gasteiger partial charge in [0.15, 0.2) is 6.23 Å². The number of aliphatic hydroxyl groups is 3. The third kappa shape index (κ3) is 23.6. The number of amides is 3. The molecule has 12 nitrogen and oxygen atoms in total. The van der Waals surface area contributed by atoms with E-state index in [9.17, 15) is 34.5 Å². The molecule has 0 bridgehead atoms. The standard InChI is InChI=1S/C42H79N3O9/c1-3-5-7-9-11-13-14-15-16-17-18-19-21-23-25-27-31-45(37(49)28-26-24-22-20-12-10-8-6-4-2)42-39(41(53)40(52)34(33-46)54-42)44-36(48)32-43-35(47)29-30-38(50)51/h34,39-42,46,52-53H,3-33H2,1-2H3,(H,43,47)(H,44,48)(H,50,51)/t34-,39-,40+,41-,42-/m1/s1. The number of carbonyl (C=O) groups is 4. The minimum absolute atomic E-state index is 0.176.